The molecule has 0 bridgehead atoms. The Bertz CT molecular complexity index is 1060. The zero-order chi connectivity index (χ0) is 18.1. The Morgan fingerprint density at radius 1 is 1.00 bits per heavy atom. The van der Waals surface area contributed by atoms with Crippen molar-refractivity contribution < 1.29 is 17.9 Å². The number of hydrogen-bond donors (Lipinski definition) is 1. The largest absolute Gasteiger partial charge is 0.418 e. The van der Waals surface area contributed by atoms with Crippen LogP contribution in [0.4, 0.5) is 10.6 Å². The van der Waals surface area contributed by atoms with Crippen molar-refractivity contribution in [3.8, 4) is 11.4 Å². The minimum atomic E-state index is -3.25. The summed E-state index contributed by atoms with van der Waals surface area (Å²) in [7, 11) is -3.25. The second-order valence-corrected chi connectivity index (χ2v) is 7.95. The van der Waals surface area contributed by atoms with E-state index in [1.165, 1.54) is 4.68 Å². The SMILES string of the molecule is O=C(Nc1c2c(nn1-c1ccccc1)CS(=O)(=O)C2)Oc1ccccc1. The van der Waals surface area contributed by atoms with Crippen molar-refractivity contribution in [2.75, 3.05) is 5.32 Å². The molecule has 0 radical (unpaired) electrons. The molecule has 1 aliphatic heterocycles. The van der Waals surface area contributed by atoms with Gasteiger partial charge in [-0.15, -0.1) is 0 Å². The van der Waals surface area contributed by atoms with Crippen LogP contribution in [-0.2, 0) is 21.3 Å². The normalized spacial score (nSPS) is 14.6. The number of fused-ring (bicyclic) bond motifs is 1. The van der Waals surface area contributed by atoms with Gasteiger partial charge in [-0.05, 0) is 24.3 Å². The number of sulfone groups is 1. The summed E-state index contributed by atoms with van der Waals surface area (Å²) in [5.74, 6) is 0.411. The van der Waals surface area contributed by atoms with Crippen LogP contribution in [-0.4, -0.2) is 24.3 Å². The molecule has 7 nitrogen and oxygen atoms in total. The van der Waals surface area contributed by atoms with Gasteiger partial charge < -0.3 is 4.74 Å². The molecule has 1 amide bonds. The number of carbonyl (C=O) groups is 1. The minimum absolute atomic E-state index is 0.134. The van der Waals surface area contributed by atoms with Crippen molar-refractivity contribution in [3.05, 3.63) is 71.9 Å². The van der Waals surface area contributed by atoms with Gasteiger partial charge in [-0.2, -0.15) is 5.10 Å². The van der Waals surface area contributed by atoms with Crippen molar-refractivity contribution in [1.82, 2.24) is 9.78 Å². The first-order valence-corrected chi connectivity index (χ1v) is 9.74. The number of amides is 1. The van der Waals surface area contributed by atoms with Crippen molar-refractivity contribution in [2.24, 2.45) is 0 Å². The van der Waals surface area contributed by atoms with E-state index in [0.29, 0.717) is 28.5 Å². The van der Waals surface area contributed by atoms with Crippen molar-refractivity contribution >= 4 is 21.7 Å². The number of ether oxygens (including phenoxy) is 1. The van der Waals surface area contributed by atoms with Gasteiger partial charge in [0.25, 0.3) is 0 Å². The maximum Gasteiger partial charge on any atom is 0.418 e. The summed E-state index contributed by atoms with van der Waals surface area (Å²) in [5, 5.41) is 7.03. The summed E-state index contributed by atoms with van der Waals surface area (Å²) < 4.78 is 30.6. The van der Waals surface area contributed by atoms with Crippen LogP contribution in [0.2, 0.25) is 0 Å². The predicted molar refractivity (Wildman–Crippen MR) is 96.0 cm³/mol. The number of nitrogens with one attached hydrogen (secondary N) is 1. The second-order valence-electron chi connectivity index (χ2n) is 5.88. The molecule has 3 aromatic rings. The molecule has 0 unspecified atom stereocenters. The highest BCUT2D eigenvalue weighted by molar-refractivity contribution is 7.90. The number of carbonyl (C=O) groups excluding carboxylic acids is 1. The summed E-state index contributed by atoms with van der Waals surface area (Å²) >= 11 is 0. The second kappa shape index (κ2) is 6.30. The van der Waals surface area contributed by atoms with Crippen LogP contribution in [0.3, 0.4) is 0 Å². The number of benzene rings is 2. The Kier molecular flexibility index (Phi) is 3.96. The van der Waals surface area contributed by atoms with Crippen molar-refractivity contribution in [3.63, 3.8) is 0 Å². The lowest BCUT2D eigenvalue weighted by Gasteiger charge is -2.11. The highest BCUT2D eigenvalue weighted by Crippen LogP contribution is 2.33. The maximum absolute atomic E-state index is 12.3. The molecule has 4 rings (SSSR count). The highest BCUT2D eigenvalue weighted by Gasteiger charge is 2.33. The predicted octanol–water partition coefficient (Wildman–Crippen LogP) is 2.91. The standard InChI is InChI=1S/C18H15N3O4S/c22-18(25-14-9-5-2-6-10-14)19-17-15-11-26(23,24)12-16(15)20-21(17)13-7-3-1-4-8-13/h1-10H,11-12H2,(H,19,22). The topological polar surface area (TPSA) is 90.3 Å². The number of anilines is 1. The highest BCUT2D eigenvalue weighted by atomic mass is 32.2. The Balaban J connectivity index is 1.69. The number of aromatic nitrogens is 2. The lowest BCUT2D eigenvalue weighted by Crippen LogP contribution is -2.20. The molecule has 2 heterocycles. The van der Waals surface area contributed by atoms with Gasteiger partial charge in [-0.1, -0.05) is 36.4 Å². The average Bonchev–Trinajstić information content (AvgIpc) is 3.09. The van der Waals surface area contributed by atoms with Crippen LogP contribution >= 0.6 is 0 Å². The molecule has 0 aliphatic carbocycles. The van der Waals surface area contributed by atoms with Crippen LogP contribution in [0.1, 0.15) is 11.3 Å². The molecule has 1 aromatic heterocycles. The van der Waals surface area contributed by atoms with E-state index in [-0.39, 0.29) is 11.5 Å². The fourth-order valence-corrected chi connectivity index (χ4v) is 4.34. The number of rotatable bonds is 3. The molecule has 0 saturated carbocycles. The first-order chi connectivity index (χ1) is 12.5. The zero-order valence-corrected chi connectivity index (χ0v) is 14.4. The van der Waals surface area contributed by atoms with Crippen molar-refractivity contribution in [2.45, 2.75) is 11.5 Å². The fourth-order valence-electron chi connectivity index (χ4n) is 2.84. The van der Waals surface area contributed by atoms with Crippen LogP contribution < -0.4 is 10.1 Å². The lowest BCUT2D eigenvalue weighted by molar-refractivity contribution is 0.215. The quantitative estimate of drug-likeness (QED) is 0.767. The third-order valence-electron chi connectivity index (χ3n) is 3.96. The van der Waals surface area contributed by atoms with Gasteiger partial charge in [0.1, 0.15) is 11.6 Å². The minimum Gasteiger partial charge on any atom is -0.410 e. The Morgan fingerprint density at radius 3 is 2.35 bits per heavy atom. The molecule has 2 aromatic carbocycles. The van der Waals surface area contributed by atoms with Gasteiger partial charge >= 0.3 is 6.09 Å². The molecule has 26 heavy (non-hydrogen) atoms. The summed E-state index contributed by atoms with van der Waals surface area (Å²) in [6.07, 6.45) is -0.708. The molecule has 0 spiro atoms. The molecular weight excluding hydrogens is 354 g/mol. The van der Waals surface area contributed by atoms with E-state index in [1.807, 2.05) is 36.4 Å². The van der Waals surface area contributed by atoms with Gasteiger partial charge in [0.05, 0.1) is 22.9 Å². The lowest BCUT2D eigenvalue weighted by atomic mass is 10.2. The first-order valence-electron chi connectivity index (χ1n) is 7.92. The van der Waals surface area contributed by atoms with E-state index in [4.69, 9.17) is 4.74 Å². The zero-order valence-electron chi connectivity index (χ0n) is 13.6. The smallest absolute Gasteiger partial charge is 0.410 e. The van der Waals surface area contributed by atoms with E-state index in [1.54, 1.807) is 24.3 Å². The van der Waals surface area contributed by atoms with Gasteiger partial charge in [0.2, 0.25) is 0 Å². The molecule has 8 heteroatoms. The third kappa shape index (κ3) is 3.18. The molecule has 0 atom stereocenters. The van der Waals surface area contributed by atoms with Crippen LogP contribution in [0.25, 0.3) is 5.69 Å². The van der Waals surface area contributed by atoms with E-state index in [0.717, 1.165) is 0 Å². The van der Waals surface area contributed by atoms with E-state index in [9.17, 15) is 13.2 Å². The van der Waals surface area contributed by atoms with E-state index < -0.39 is 15.9 Å². The summed E-state index contributed by atoms with van der Waals surface area (Å²) in [5.41, 5.74) is 1.66. The average molecular weight is 369 g/mol. The third-order valence-corrected chi connectivity index (χ3v) is 5.40. The summed E-state index contributed by atoms with van der Waals surface area (Å²) in [6.45, 7) is 0. The van der Waals surface area contributed by atoms with Crippen LogP contribution in [0.5, 0.6) is 5.75 Å². The Hall–Kier alpha value is -3.13. The fraction of sp³-hybridized carbons (Fsp3) is 0.111. The Morgan fingerprint density at radius 2 is 1.65 bits per heavy atom. The Labute approximate surface area is 150 Å². The monoisotopic (exact) mass is 369 g/mol. The van der Waals surface area contributed by atoms with E-state index >= 15 is 0 Å². The molecular formula is C18H15N3O4S. The molecule has 1 aliphatic rings. The van der Waals surface area contributed by atoms with Crippen LogP contribution in [0, 0.1) is 0 Å². The first kappa shape index (κ1) is 16.3. The van der Waals surface area contributed by atoms with E-state index in [2.05, 4.69) is 10.4 Å². The number of nitrogens with zero attached hydrogens (tertiary/aromatic N) is 2. The molecule has 0 saturated heterocycles. The van der Waals surface area contributed by atoms with Gasteiger partial charge in [-0.25, -0.2) is 17.9 Å². The van der Waals surface area contributed by atoms with Crippen molar-refractivity contribution in [1.29, 1.82) is 0 Å². The number of para-hydroxylation sites is 2. The maximum atomic E-state index is 12.3. The molecule has 132 valence electrons. The molecule has 1 N–H and O–H groups in total. The number of hydrogen-bond acceptors (Lipinski definition) is 5. The van der Waals surface area contributed by atoms with Gasteiger partial charge in [0.15, 0.2) is 9.84 Å². The van der Waals surface area contributed by atoms with Gasteiger partial charge in [0, 0.05) is 5.56 Å². The van der Waals surface area contributed by atoms with Crippen LogP contribution in [0.15, 0.2) is 60.7 Å². The summed E-state index contributed by atoms with van der Waals surface area (Å²) in [4.78, 5) is 12.3. The van der Waals surface area contributed by atoms with Gasteiger partial charge in [-0.3, -0.25) is 5.32 Å². The molecule has 0 fully saturated rings. The summed E-state index contributed by atoms with van der Waals surface area (Å²) in [6, 6.07) is 17.8.